The fourth-order valence-corrected chi connectivity index (χ4v) is 2.78. The third kappa shape index (κ3) is 4.86. The van der Waals surface area contributed by atoms with Crippen LogP contribution in [-0.4, -0.2) is 30.7 Å². The number of methoxy groups -OCH3 is 1. The zero-order chi connectivity index (χ0) is 19.1. The molecule has 0 aromatic heterocycles. The molecule has 0 aliphatic carbocycles. The van der Waals surface area contributed by atoms with Gasteiger partial charge in [-0.3, -0.25) is 4.79 Å². The number of carbonyl (C=O) groups is 2. The maximum Gasteiger partial charge on any atom is 0.352 e. The molecule has 0 saturated heterocycles. The molecule has 0 aliphatic rings. The summed E-state index contributed by atoms with van der Waals surface area (Å²) in [7, 11) is 1.49. The molecule has 2 aromatic carbocycles. The van der Waals surface area contributed by atoms with Crippen LogP contribution in [0.4, 0.5) is 0 Å². The Morgan fingerprint density at radius 3 is 2.50 bits per heavy atom. The van der Waals surface area contributed by atoms with Gasteiger partial charge in [0.2, 0.25) is 0 Å². The van der Waals surface area contributed by atoms with Crippen molar-refractivity contribution in [1.82, 2.24) is 5.32 Å². The van der Waals surface area contributed by atoms with Crippen LogP contribution in [0.5, 0.6) is 11.5 Å². The number of halogens is 1. The molecule has 0 radical (unpaired) electrons. The van der Waals surface area contributed by atoms with Gasteiger partial charge < -0.3 is 19.9 Å². The minimum atomic E-state index is -1.25. The first-order chi connectivity index (χ1) is 12.5. The van der Waals surface area contributed by atoms with Crippen molar-refractivity contribution >= 4 is 33.9 Å². The molecule has 1 amide bonds. The molecule has 0 unspecified atom stereocenters. The minimum Gasteiger partial charge on any atom is -0.493 e. The van der Waals surface area contributed by atoms with Crippen LogP contribution < -0.4 is 14.8 Å². The Hall–Kier alpha value is -2.80. The second kappa shape index (κ2) is 9.05. The van der Waals surface area contributed by atoms with Crippen molar-refractivity contribution in [2.45, 2.75) is 6.92 Å². The first-order valence-electron chi connectivity index (χ1n) is 7.78. The normalized spacial score (nSPS) is 11.0. The van der Waals surface area contributed by atoms with Crippen molar-refractivity contribution in [1.29, 1.82) is 0 Å². The number of rotatable bonds is 7. The lowest BCUT2D eigenvalue weighted by molar-refractivity contribution is -0.132. The molecule has 26 heavy (non-hydrogen) atoms. The summed E-state index contributed by atoms with van der Waals surface area (Å²) in [5.41, 5.74) is 0.644. The largest absolute Gasteiger partial charge is 0.493 e. The number of amides is 1. The van der Waals surface area contributed by atoms with Gasteiger partial charge in [0.25, 0.3) is 5.91 Å². The second-order valence-corrected chi connectivity index (χ2v) is 6.00. The quantitative estimate of drug-likeness (QED) is 0.668. The highest BCUT2D eigenvalue weighted by Crippen LogP contribution is 2.37. The van der Waals surface area contributed by atoms with Gasteiger partial charge in [-0.1, -0.05) is 18.2 Å². The number of benzene rings is 2. The number of hydrogen-bond acceptors (Lipinski definition) is 4. The highest BCUT2D eigenvalue weighted by molar-refractivity contribution is 9.10. The van der Waals surface area contributed by atoms with E-state index in [2.05, 4.69) is 21.2 Å². The van der Waals surface area contributed by atoms with Gasteiger partial charge in [-0.25, -0.2) is 4.79 Å². The summed E-state index contributed by atoms with van der Waals surface area (Å²) in [6, 6.07) is 11.7. The molecule has 2 rings (SSSR count). The molecule has 2 aromatic rings. The molecule has 6 nitrogen and oxygen atoms in total. The number of ether oxygens (including phenoxy) is 2. The molecule has 0 aliphatic heterocycles. The van der Waals surface area contributed by atoms with Gasteiger partial charge in [0.15, 0.2) is 11.5 Å². The lowest BCUT2D eigenvalue weighted by Crippen LogP contribution is -2.27. The maximum absolute atomic E-state index is 12.2. The van der Waals surface area contributed by atoms with E-state index in [1.165, 1.54) is 13.2 Å². The Morgan fingerprint density at radius 1 is 1.23 bits per heavy atom. The van der Waals surface area contributed by atoms with E-state index in [0.29, 0.717) is 33.7 Å². The van der Waals surface area contributed by atoms with Crippen molar-refractivity contribution in [3.63, 3.8) is 0 Å². The number of nitrogens with one attached hydrogen (secondary N) is 1. The fourth-order valence-electron chi connectivity index (χ4n) is 2.21. The Kier molecular flexibility index (Phi) is 6.80. The average molecular weight is 420 g/mol. The van der Waals surface area contributed by atoms with E-state index in [9.17, 15) is 14.7 Å². The highest BCUT2D eigenvalue weighted by Gasteiger charge is 2.15. The van der Waals surface area contributed by atoms with Gasteiger partial charge in [-0.2, -0.15) is 0 Å². The van der Waals surface area contributed by atoms with Gasteiger partial charge in [0, 0.05) is 5.56 Å². The summed E-state index contributed by atoms with van der Waals surface area (Å²) < 4.78 is 11.4. The number of carboxylic acids is 1. The zero-order valence-electron chi connectivity index (χ0n) is 14.3. The van der Waals surface area contributed by atoms with E-state index in [-0.39, 0.29) is 5.70 Å². The predicted molar refractivity (Wildman–Crippen MR) is 101 cm³/mol. The summed E-state index contributed by atoms with van der Waals surface area (Å²) >= 11 is 3.39. The molecule has 136 valence electrons. The summed E-state index contributed by atoms with van der Waals surface area (Å²) in [4.78, 5) is 23.7. The molecule has 0 saturated carbocycles. The van der Waals surface area contributed by atoms with E-state index >= 15 is 0 Å². The molecular weight excluding hydrogens is 402 g/mol. The summed E-state index contributed by atoms with van der Waals surface area (Å²) in [6.07, 6.45) is 1.35. The maximum atomic E-state index is 12.2. The molecule has 0 heterocycles. The summed E-state index contributed by atoms with van der Waals surface area (Å²) in [5, 5.41) is 11.8. The molecule has 0 spiro atoms. The van der Waals surface area contributed by atoms with E-state index in [0.717, 1.165) is 0 Å². The Balaban J connectivity index is 2.35. The van der Waals surface area contributed by atoms with Gasteiger partial charge in [-0.15, -0.1) is 0 Å². The van der Waals surface area contributed by atoms with E-state index in [1.54, 1.807) is 42.5 Å². The van der Waals surface area contributed by atoms with Crippen LogP contribution >= 0.6 is 15.9 Å². The number of hydrogen-bond donors (Lipinski definition) is 2. The van der Waals surface area contributed by atoms with Gasteiger partial charge >= 0.3 is 5.97 Å². The second-order valence-electron chi connectivity index (χ2n) is 5.15. The van der Waals surface area contributed by atoms with Crippen LogP contribution in [0.2, 0.25) is 0 Å². The van der Waals surface area contributed by atoms with Gasteiger partial charge in [0.05, 0.1) is 18.2 Å². The minimum absolute atomic E-state index is 0.253. The first kappa shape index (κ1) is 19.5. The van der Waals surface area contributed by atoms with Crippen LogP contribution in [0.25, 0.3) is 6.08 Å². The number of carboxylic acid groups (broad SMARTS) is 1. The predicted octanol–water partition coefficient (Wildman–Crippen LogP) is 3.71. The summed E-state index contributed by atoms with van der Waals surface area (Å²) in [5.74, 6) is -0.779. The molecule has 0 bridgehead atoms. The SMILES string of the molecule is CCOc1c(Br)cc(C=C(NC(=O)c2ccccc2)C(=O)O)cc1OC. The molecule has 2 N–H and O–H groups in total. The van der Waals surface area contributed by atoms with Crippen LogP contribution in [0, 0.1) is 0 Å². The summed E-state index contributed by atoms with van der Waals surface area (Å²) in [6.45, 7) is 2.30. The van der Waals surface area contributed by atoms with Gasteiger partial charge in [0.1, 0.15) is 5.70 Å². The standard InChI is InChI=1S/C19H18BrNO5/c1-3-26-17-14(20)9-12(11-16(17)25-2)10-15(19(23)24)21-18(22)13-7-5-4-6-8-13/h4-11H,3H2,1-2H3,(H,21,22)(H,23,24). The van der Waals surface area contributed by atoms with Crippen LogP contribution in [0.3, 0.4) is 0 Å². The van der Waals surface area contributed by atoms with Gasteiger partial charge in [-0.05, 0) is 58.8 Å². The topological polar surface area (TPSA) is 84.9 Å². The van der Waals surface area contributed by atoms with Crippen LogP contribution in [0.1, 0.15) is 22.8 Å². The third-order valence-electron chi connectivity index (χ3n) is 3.37. The molecule has 0 atom stereocenters. The van der Waals surface area contributed by atoms with Crippen molar-refractivity contribution < 1.29 is 24.2 Å². The smallest absolute Gasteiger partial charge is 0.352 e. The van der Waals surface area contributed by atoms with Crippen molar-refractivity contribution in [3.05, 3.63) is 63.8 Å². The van der Waals surface area contributed by atoms with Crippen molar-refractivity contribution in [2.75, 3.05) is 13.7 Å². The molecular formula is C19H18BrNO5. The highest BCUT2D eigenvalue weighted by atomic mass is 79.9. The fraction of sp³-hybridized carbons (Fsp3) is 0.158. The first-order valence-corrected chi connectivity index (χ1v) is 8.57. The molecule has 0 fully saturated rings. The van der Waals surface area contributed by atoms with Crippen LogP contribution in [0.15, 0.2) is 52.6 Å². The monoisotopic (exact) mass is 419 g/mol. The zero-order valence-corrected chi connectivity index (χ0v) is 15.9. The lowest BCUT2D eigenvalue weighted by atomic mass is 10.1. The Morgan fingerprint density at radius 2 is 1.92 bits per heavy atom. The number of carbonyl (C=O) groups excluding carboxylic acids is 1. The molecule has 7 heteroatoms. The van der Waals surface area contributed by atoms with E-state index < -0.39 is 11.9 Å². The van der Waals surface area contributed by atoms with Crippen molar-refractivity contribution in [3.8, 4) is 11.5 Å². The van der Waals surface area contributed by atoms with Crippen LogP contribution in [-0.2, 0) is 4.79 Å². The average Bonchev–Trinajstić information content (AvgIpc) is 2.63. The van der Waals surface area contributed by atoms with Crippen molar-refractivity contribution in [2.24, 2.45) is 0 Å². The lowest BCUT2D eigenvalue weighted by Gasteiger charge is -2.13. The Bertz CT molecular complexity index is 833. The van der Waals surface area contributed by atoms with E-state index in [1.807, 2.05) is 6.92 Å². The Labute approximate surface area is 159 Å². The number of aliphatic carboxylic acids is 1. The van der Waals surface area contributed by atoms with E-state index in [4.69, 9.17) is 9.47 Å². The third-order valence-corrected chi connectivity index (χ3v) is 3.96.